The van der Waals surface area contributed by atoms with Gasteiger partial charge >= 0.3 is 0 Å². The van der Waals surface area contributed by atoms with Crippen molar-refractivity contribution in [2.45, 2.75) is 26.8 Å². The van der Waals surface area contributed by atoms with Gasteiger partial charge in [-0.05, 0) is 50.2 Å². The maximum atomic E-state index is 13.3. The first kappa shape index (κ1) is 18.0. The second-order valence-corrected chi connectivity index (χ2v) is 6.88. The van der Waals surface area contributed by atoms with E-state index in [1.54, 1.807) is 6.07 Å². The highest BCUT2D eigenvalue weighted by Crippen LogP contribution is 2.19. The van der Waals surface area contributed by atoms with Crippen LogP contribution < -0.4 is 5.32 Å². The quantitative estimate of drug-likeness (QED) is 0.554. The Morgan fingerprint density at radius 2 is 1.93 bits per heavy atom. The molecule has 0 unspecified atom stereocenters. The number of nitrogens with one attached hydrogen (secondary N) is 2. The van der Waals surface area contributed by atoms with Crippen molar-refractivity contribution in [1.82, 2.24) is 20.1 Å². The lowest BCUT2D eigenvalue weighted by molar-refractivity contribution is -0.120. The van der Waals surface area contributed by atoms with Crippen LogP contribution in [0.25, 0.3) is 16.6 Å². The van der Waals surface area contributed by atoms with Gasteiger partial charge in [-0.3, -0.25) is 4.79 Å². The molecule has 0 aliphatic rings. The van der Waals surface area contributed by atoms with Crippen LogP contribution in [0, 0.1) is 19.7 Å². The smallest absolute Gasteiger partial charge is 0.224 e. The number of carbonyl (C=O) groups excluding carboxylic acids is 1. The molecule has 2 heterocycles. The second-order valence-electron chi connectivity index (χ2n) is 6.88. The number of benzene rings is 2. The fourth-order valence-corrected chi connectivity index (χ4v) is 3.43. The molecular formula is C22H21FN4O. The number of fused-ring (bicyclic) bond motifs is 1. The zero-order chi connectivity index (χ0) is 19.7. The highest BCUT2D eigenvalue weighted by molar-refractivity contribution is 5.81. The third-order valence-corrected chi connectivity index (χ3v) is 4.89. The standard InChI is InChI=1S/C22H21FN4O/c1-14-20(15(2)27(26-14)19-6-4-3-5-7-19)12-22(28)24-13-18-11-16-10-17(23)8-9-21(16)25-18/h3-11,25H,12-13H2,1-2H3,(H,24,28). The van der Waals surface area contributed by atoms with Crippen LogP contribution in [0.1, 0.15) is 22.6 Å². The number of H-pyrrole nitrogens is 1. The van der Waals surface area contributed by atoms with E-state index in [2.05, 4.69) is 15.4 Å². The van der Waals surface area contributed by atoms with Gasteiger partial charge in [0.15, 0.2) is 0 Å². The summed E-state index contributed by atoms with van der Waals surface area (Å²) in [4.78, 5) is 15.7. The molecule has 5 nitrogen and oxygen atoms in total. The van der Waals surface area contributed by atoms with Gasteiger partial charge in [0.1, 0.15) is 5.82 Å². The molecule has 142 valence electrons. The summed E-state index contributed by atoms with van der Waals surface area (Å²) in [6, 6.07) is 16.3. The average molecular weight is 376 g/mol. The van der Waals surface area contributed by atoms with Gasteiger partial charge < -0.3 is 10.3 Å². The Bertz CT molecular complexity index is 1140. The van der Waals surface area contributed by atoms with E-state index in [1.165, 1.54) is 12.1 Å². The second kappa shape index (κ2) is 7.31. The predicted octanol–water partition coefficient (Wildman–Crippen LogP) is 3.97. The van der Waals surface area contributed by atoms with Gasteiger partial charge in [0, 0.05) is 27.9 Å². The lowest BCUT2D eigenvalue weighted by atomic mass is 10.1. The van der Waals surface area contributed by atoms with Gasteiger partial charge in [0.05, 0.1) is 24.3 Å². The molecule has 0 fully saturated rings. The van der Waals surface area contributed by atoms with Crippen molar-refractivity contribution in [3.8, 4) is 5.69 Å². The zero-order valence-electron chi connectivity index (χ0n) is 15.8. The molecule has 4 rings (SSSR count). The molecule has 2 aromatic carbocycles. The molecule has 0 atom stereocenters. The van der Waals surface area contributed by atoms with Crippen molar-refractivity contribution in [2.75, 3.05) is 0 Å². The molecule has 6 heteroatoms. The number of nitrogens with zero attached hydrogens (tertiary/aromatic N) is 2. The van der Waals surface area contributed by atoms with Crippen LogP contribution in [0.3, 0.4) is 0 Å². The summed E-state index contributed by atoms with van der Waals surface area (Å²) >= 11 is 0. The number of para-hydroxylation sites is 1. The van der Waals surface area contributed by atoms with Crippen LogP contribution in [0.15, 0.2) is 54.6 Å². The van der Waals surface area contributed by atoms with Crippen molar-refractivity contribution in [1.29, 1.82) is 0 Å². The zero-order valence-corrected chi connectivity index (χ0v) is 15.8. The van der Waals surface area contributed by atoms with Crippen LogP contribution >= 0.6 is 0 Å². The van der Waals surface area contributed by atoms with E-state index < -0.39 is 0 Å². The summed E-state index contributed by atoms with van der Waals surface area (Å²) in [5.74, 6) is -0.355. The topological polar surface area (TPSA) is 62.7 Å². The fourth-order valence-electron chi connectivity index (χ4n) is 3.43. The Balaban J connectivity index is 1.45. The maximum Gasteiger partial charge on any atom is 0.224 e. The lowest BCUT2D eigenvalue weighted by Gasteiger charge is -2.06. The summed E-state index contributed by atoms with van der Waals surface area (Å²) in [5.41, 5.74) is 5.39. The van der Waals surface area contributed by atoms with Crippen molar-refractivity contribution in [2.24, 2.45) is 0 Å². The van der Waals surface area contributed by atoms with E-state index in [0.29, 0.717) is 6.54 Å². The third-order valence-electron chi connectivity index (χ3n) is 4.89. The van der Waals surface area contributed by atoms with Crippen molar-refractivity contribution in [3.63, 3.8) is 0 Å². The number of carbonyl (C=O) groups is 1. The highest BCUT2D eigenvalue weighted by Gasteiger charge is 2.16. The first-order valence-electron chi connectivity index (χ1n) is 9.15. The van der Waals surface area contributed by atoms with Gasteiger partial charge in [-0.25, -0.2) is 9.07 Å². The summed E-state index contributed by atoms with van der Waals surface area (Å²) in [6.07, 6.45) is 0.263. The number of halogens is 1. The average Bonchev–Trinajstić information content (AvgIpc) is 3.22. The van der Waals surface area contributed by atoms with E-state index in [1.807, 2.05) is 54.9 Å². The normalized spacial score (nSPS) is 11.1. The number of amides is 1. The molecule has 0 aliphatic heterocycles. The highest BCUT2D eigenvalue weighted by atomic mass is 19.1. The maximum absolute atomic E-state index is 13.3. The number of aromatic nitrogens is 3. The molecule has 4 aromatic rings. The van der Waals surface area contributed by atoms with Gasteiger partial charge in [-0.1, -0.05) is 18.2 Å². The summed E-state index contributed by atoms with van der Waals surface area (Å²) in [6.45, 7) is 4.25. The van der Waals surface area contributed by atoms with Gasteiger partial charge in [-0.15, -0.1) is 0 Å². The van der Waals surface area contributed by atoms with Crippen LogP contribution in [0.5, 0.6) is 0 Å². The number of aryl methyl sites for hydroxylation is 1. The van der Waals surface area contributed by atoms with Gasteiger partial charge in [0.2, 0.25) is 5.91 Å². The van der Waals surface area contributed by atoms with E-state index >= 15 is 0 Å². The molecular weight excluding hydrogens is 355 g/mol. The van der Waals surface area contributed by atoms with Crippen LogP contribution in [0.4, 0.5) is 4.39 Å². The van der Waals surface area contributed by atoms with E-state index in [-0.39, 0.29) is 18.1 Å². The minimum atomic E-state index is -0.275. The largest absolute Gasteiger partial charge is 0.357 e. The van der Waals surface area contributed by atoms with Crippen LogP contribution in [0.2, 0.25) is 0 Å². The summed E-state index contributed by atoms with van der Waals surface area (Å²) < 4.78 is 15.2. The molecule has 1 amide bonds. The number of rotatable bonds is 5. The summed E-state index contributed by atoms with van der Waals surface area (Å²) in [5, 5.41) is 8.30. The fraction of sp³-hybridized carbons (Fsp3) is 0.182. The SMILES string of the molecule is Cc1nn(-c2ccccc2)c(C)c1CC(=O)NCc1cc2cc(F)ccc2[nH]1. The number of hydrogen-bond acceptors (Lipinski definition) is 2. The summed E-state index contributed by atoms with van der Waals surface area (Å²) in [7, 11) is 0. The lowest BCUT2D eigenvalue weighted by Crippen LogP contribution is -2.25. The predicted molar refractivity (Wildman–Crippen MR) is 107 cm³/mol. The molecule has 2 aromatic heterocycles. The van der Waals surface area contributed by atoms with Crippen molar-refractivity contribution in [3.05, 3.63) is 83.1 Å². The van der Waals surface area contributed by atoms with Gasteiger partial charge in [-0.2, -0.15) is 5.10 Å². The van der Waals surface area contributed by atoms with E-state index in [4.69, 9.17) is 0 Å². The minimum absolute atomic E-state index is 0.0800. The van der Waals surface area contributed by atoms with Crippen LogP contribution in [-0.4, -0.2) is 20.7 Å². The number of hydrogen-bond donors (Lipinski definition) is 2. The van der Waals surface area contributed by atoms with Crippen LogP contribution in [-0.2, 0) is 17.8 Å². The molecule has 2 N–H and O–H groups in total. The molecule has 28 heavy (non-hydrogen) atoms. The molecule has 0 saturated heterocycles. The third kappa shape index (κ3) is 3.53. The first-order valence-corrected chi connectivity index (χ1v) is 9.15. The molecule has 0 radical (unpaired) electrons. The Labute approximate surface area is 162 Å². The molecule has 0 bridgehead atoms. The van der Waals surface area contributed by atoms with E-state index in [9.17, 15) is 9.18 Å². The van der Waals surface area contributed by atoms with Crippen molar-refractivity contribution < 1.29 is 9.18 Å². The minimum Gasteiger partial charge on any atom is -0.357 e. The molecule has 0 spiro atoms. The number of aromatic amines is 1. The Hall–Kier alpha value is -3.41. The monoisotopic (exact) mass is 376 g/mol. The van der Waals surface area contributed by atoms with E-state index in [0.717, 1.165) is 39.2 Å². The first-order chi connectivity index (χ1) is 13.5. The molecule has 0 saturated carbocycles. The Morgan fingerprint density at radius 3 is 2.71 bits per heavy atom. The Kier molecular flexibility index (Phi) is 4.69. The molecule has 0 aliphatic carbocycles. The Morgan fingerprint density at radius 1 is 1.14 bits per heavy atom. The van der Waals surface area contributed by atoms with Gasteiger partial charge in [0.25, 0.3) is 0 Å². The van der Waals surface area contributed by atoms with Crippen molar-refractivity contribution >= 4 is 16.8 Å².